The van der Waals surface area contributed by atoms with Crippen LogP contribution in [0.15, 0.2) is 23.3 Å². The number of halogens is 1. The van der Waals surface area contributed by atoms with Crippen molar-refractivity contribution >= 4 is 29.9 Å². The number of guanidine groups is 1. The second kappa shape index (κ2) is 9.91. The van der Waals surface area contributed by atoms with E-state index in [0.29, 0.717) is 6.04 Å². The first kappa shape index (κ1) is 20.6. The molecule has 3 heterocycles. The summed E-state index contributed by atoms with van der Waals surface area (Å²) in [4.78, 5) is 13.9. The number of aliphatic imine (C=N–C) groups is 1. The lowest BCUT2D eigenvalue weighted by Gasteiger charge is -2.25. The molecule has 0 aromatic carbocycles. The molecule has 0 spiro atoms. The molecular weight excluding hydrogens is 453 g/mol. The minimum Gasteiger partial charge on any atom is -0.477 e. The highest BCUT2D eigenvalue weighted by Crippen LogP contribution is 2.29. The Balaban J connectivity index is 0.00000210. The average molecular weight is 485 g/mol. The van der Waals surface area contributed by atoms with Crippen molar-refractivity contribution < 1.29 is 4.74 Å². The van der Waals surface area contributed by atoms with E-state index in [9.17, 15) is 0 Å². The van der Waals surface area contributed by atoms with Gasteiger partial charge in [-0.05, 0) is 62.7 Å². The van der Waals surface area contributed by atoms with Crippen molar-refractivity contribution in [3.63, 3.8) is 0 Å². The van der Waals surface area contributed by atoms with Crippen LogP contribution in [0.1, 0.15) is 37.7 Å². The number of pyridine rings is 1. The van der Waals surface area contributed by atoms with Crippen LogP contribution in [0.3, 0.4) is 0 Å². The summed E-state index contributed by atoms with van der Waals surface area (Å²) >= 11 is 0. The largest absolute Gasteiger partial charge is 0.477 e. The fourth-order valence-corrected chi connectivity index (χ4v) is 3.98. The molecule has 0 radical (unpaired) electrons. The Kier molecular flexibility index (Phi) is 7.57. The zero-order chi connectivity index (χ0) is 17.8. The van der Waals surface area contributed by atoms with E-state index in [1.807, 2.05) is 25.4 Å². The Bertz CT molecular complexity index is 631. The average Bonchev–Trinajstić information content (AvgIpc) is 3.11. The van der Waals surface area contributed by atoms with Crippen LogP contribution in [0.4, 0.5) is 0 Å². The topological polar surface area (TPSA) is 53.0 Å². The second-order valence-electron chi connectivity index (χ2n) is 7.79. The predicted octanol–water partition coefficient (Wildman–Crippen LogP) is 2.73. The maximum atomic E-state index is 5.79. The molecule has 2 aliphatic heterocycles. The van der Waals surface area contributed by atoms with Gasteiger partial charge < -0.3 is 15.0 Å². The lowest BCUT2D eigenvalue weighted by Crippen LogP contribution is -2.42. The van der Waals surface area contributed by atoms with Crippen molar-refractivity contribution in [2.75, 3.05) is 39.8 Å². The third-order valence-corrected chi connectivity index (χ3v) is 5.75. The van der Waals surface area contributed by atoms with Gasteiger partial charge in [0.25, 0.3) is 0 Å². The fraction of sp³-hybridized carbons (Fsp3) is 0.700. The van der Waals surface area contributed by atoms with Crippen LogP contribution in [0.5, 0.6) is 5.88 Å². The number of rotatable bonds is 6. The monoisotopic (exact) mass is 485 g/mol. The summed E-state index contributed by atoms with van der Waals surface area (Å²) in [5.41, 5.74) is 1.18. The number of nitrogens with one attached hydrogen (secondary N) is 1. The first-order valence-corrected chi connectivity index (χ1v) is 10.1. The quantitative estimate of drug-likeness (QED) is 0.382. The normalized spacial score (nSPS) is 23.4. The van der Waals surface area contributed by atoms with Crippen LogP contribution < -0.4 is 10.1 Å². The summed E-state index contributed by atoms with van der Waals surface area (Å²) in [7, 11) is 1.88. The maximum Gasteiger partial charge on any atom is 0.213 e. The van der Waals surface area contributed by atoms with Gasteiger partial charge in [0.2, 0.25) is 5.88 Å². The molecule has 7 heteroatoms. The van der Waals surface area contributed by atoms with Crippen molar-refractivity contribution in [3.8, 4) is 5.88 Å². The zero-order valence-corrected chi connectivity index (χ0v) is 18.6. The van der Waals surface area contributed by atoms with Gasteiger partial charge in [0.15, 0.2) is 5.96 Å². The molecule has 0 bridgehead atoms. The van der Waals surface area contributed by atoms with Gasteiger partial charge in [0.1, 0.15) is 0 Å². The van der Waals surface area contributed by atoms with Gasteiger partial charge in [-0.3, -0.25) is 9.89 Å². The molecule has 2 saturated heterocycles. The smallest absolute Gasteiger partial charge is 0.213 e. The third-order valence-electron chi connectivity index (χ3n) is 5.75. The Morgan fingerprint density at radius 1 is 1.26 bits per heavy atom. The van der Waals surface area contributed by atoms with Gasteiger partial charge in [-0.1, -0.05) is 0 Å². The van der Waals surface area contributed by atoms with Crippen molar-refractivity contribution in [1.29, 1.82) is 0 Å². The van der Waals surface area contributed by atoms with Gasteiger partial charge in [0.05, 0.1) is 6.61 Å². The Hall–Kier alpha value is -1.09. The van der Waals surface area contributed by atoms with Gasteiger partial charge in [-0.25, -0.2) is 4.98 Å². The second-order valence-corrected chi connectivity index (χ2v) is 7.79. The first-order valence-electron chi connectivity index (χ1n) is 10.1. The summed E-state index contributed by atoms with van der Waals surface area (Å²) in [6, 6.07) is 4.78. The van der Waals surface area contributed by atoms with E-state index in [4.69, 9.17) is 4.74 Å². The van der Waals surface area contributed by atoms with E-state index < -0.39 is 0 Å². The Labute approximate surface area is 179 Å². The van der Waals surface area contributed by atoms with Crippen LogP contribution in [0.2, 0.25) is 0 Å². The molecule has 150 valence electrons. The molecule has 27 heavy (non-hydrogen) atoms. The van der Waals surface area contributed by atoms with Gasteiger partial charge in [0, 0.05) is 45.0 Å². The third kappa shape index (κ3) is 5.70. The van der Waals surface area contributed by atoms with Gasteiger partial charge in [-0.2, -0.15) is 0 Å². The molecule has 1 aromatic rings. The van der Waals surface area contributed by atoms with Crippen molar-refractivity contribution in [2.45, 2.75) is 44.7 Å². The number of hydrogen-bond acceptors (Lipinski definition) is 4. The fourth-order valence-electron chi connectivity index (χ4n) is 3.98. The number of ether oxygens (including phenoxy) is 1. The van der Waals surface area contributed by atoms with Crippen LogP contribution in [0.25, 0.3) is 0 Å². The van der Waals surface area contributed by atoms with Gasteiger partial charge in [-0.15, -0.1) is 24.0 Å². The predicted molar refractivity (Wildman–Crippen MR) is 119 cm³/mol. The zero-order valence-electron chi connectivity index (χ0n) is 16.3. The van der Waals surface area contributed by atoms with E-state index in [2.05, 4.69) is 25.1 Å². The Morgan fingerprint density at radius 3 is 2.81 bits per heavy atom. The van der Waals surface area contributed by atoms with Crippen LogP contribution in [-0.4, -0.2) is 66.6 Å². The minimum atomic E-state index is 0. The summed E-state index contributed by atoms with van der Waals surface area (Å²) < 4.78 is 5.79. The first-order chi connectivity index (χ1) is 12.8. The SMILES string of the molecule is CN=C(NCc1ccnc(OCC2CC2)c1)N1CCC(N2CCCC2)C1.I. The van der Waals surface area contributed by atoms with Gasteiger partial charge >= 0.3 is 0 Å². The lowest BCUT2D eigenvalue weighted by molar-refractivity contribution is 0.249. The summed E-state index contributed by atoms with van der Waals surface area (Å²) in [5, 5.41) is 3.52. The van der Waals surface area contributed by atoms with E-state index in [0.717, 1.165) is 44.0 Å². The van der Waals surface area contributed by atoms with Crippen molar-refractivity contribution in [1.82, 2.24) is 20.1 Å². The molecule has 6 nitrogen and oxygen atoms in total. The van der Waals surface area contributed by atoms with Crippen LogP contribution in [0, 0.1) is 5.92 Å². The highest BCUT2D eigenvalue weighted by atomic mass is 127. The number of nitrogens with zero attached hydrogens (tertiary/aromatic N) is 4. The molecule has 0 amide bonds. The number of likely N-dealkylation sites (tertiary alicyclic amines) is 2. The summed E-state index contributed by atoms with van der Waals surface area (Å²) in [6.07, 6.45) is 8.39. The molecule has 4 rings (SSSR count). The Morgan fingerprint density at radius 2 is 2.07 bits per heavy atom. The molecular formula is C20H32IN5O. The molecule has 1 atom stereocenters. The van der Waals surface area contributed by atoms with E-state index in [-0.39, 0.29) is 24.0 Å². The van der Waals surface area contributed by atoms with Crippen LogP contribution >= 0.6 is 24.0 Å². The minimum absolute atomic E-state index is 0. The molecule has 1 unspecified atom stereocenters. The van der Waals surface area contributed by atoms with E-state index in [1.54, 1.807) is 0 Å². The molecule has 1 aromatic heterocycles. The van der Waals surface area contributed by atoms with Crippen molar-refractivity contribution in [3.05, 3.63) is 23.9 Å². The molecule has 1 aliphatic carbocycles. The lowest BCUT2D eigenvalue weighted by atomic mass is 10.2. The summed E-state index contributed by atoms with van der Waals surface area (Å²) in [6.45, 7) is 6.27. The van der Waals surface area contributed by atoms with Crippen molar-refractivity contribution in [2.24, 2.45) is 10.9 Å². The summed E-state index contributed by atoms with van der Waals surface area (Å²) in [5.74, 6) is 2.49. The van der Waals surface area contributed by atoms with E-state index >= 15 is 0 Å². The molecule has 3 aliphatic rings. The molecule has 3 fully saturated rings. The maximum absolute atomic E-state index is 5.79. The highest BCUT2D eigenvalue weighted by molar-refractivity contribution is 14.0. The standard InChI is InChI=1S/C20H31N5O.HI/c1-21-20(25-11-7-18(14-25)24-9-2-3-10-24)23-13-17-6-8-22-19(12-17)26-15-16-4-5-16;/h6,8,12,16,18H,2-5,7,9-11,13-15H2,1H3,(H,21,23);1H. The number of hydrogen-bond donors (Lipinski definition) is 1. The highest BCUT2D eigenvalue weighted by Gasteiger charge is 2.30. The molecule has 1 saturated carbocycles. The molecule has 1 N–H and O–H groups in total. The van der Waals surface area contributed by atoms with E-state index in [1.165, 1.54) is 50.8 Å². The number of aromatic nitrogens is 1. The van der Waals surface area contributed by atoms with Crippen LogP contribution in [-0.2, 0) is 6.54 Å².